The van der Waals surface area contributed by atoms with Crippen molar-refractivity contribution in [2.45, 2.75) is 25.3 Å². The summed E-state index contributed by atoms with van der Waals surface area (Å²) in [5, 5.41) is 8.28. The van der Waals surface area contributed by atoms with Crippen molar-refractivity contribution in [3.8, 4) is 0 Å². The first-order valence-corrected chi connectivity index (χ1v) is 8.38. The summed E-state index contributed by atoms with van der Waals surface area (Å²) in [6.07, 6.45) is 3.02. The summed E-state index contributed by atoms with van der Waals surface area (Å²) in [6.45, 7) is 0.838. The molecule has 114 valence electrons. The smallest absolute Gasteiger partial charge is 0.166 e. The largest absolute Gasteiger partial charge is 0.362 e. The normalized spacial score (nSPS) is 16.1. The topological polar surface area (TPSA) is 24.1 Å². The summed E-state index contributed by atoms with van der Waals surface area (Å²) >= 11 is 11.7. The van der Waals surface area contributed by atoms with Crippen LogP contribution in [0.3, 0.4) is 0 Å². The Balaban J connectivity index is 1.50. The molecule has 22 heavy (non-hydrogen) atoms. The van der Waals surface area contributed by atoms with Crippen LogP contribution in [0.5, 0.6) is 0 Å². The third kappa shape index (κ3) is 3.60. The van der Waals surface area contributed by atoms with Crippen molar-refractivity contribution in [3.63, 3.8) is 0 Å². The molecule has 2 aromatic carbocycles. The highest BCUT2D eigenvalue weighted by atomic mass is 35.5. The van der Waals surface area contributed by atoms with Crippen molar-refractivity contribution in [2.75, 3.05) is 6.54 Å². The Bertz CT molecular complexity index is 657. The van der Waals surface area contributed by atoms with E-state index >= 15 is 0 Å². The molecule has 0 bridgehead atoms. The average Bonchev–Trinajstić information content (AvgIpc) is 2.93. The number of thiocarbonyl (C=S) groups is 1. The molecule has 1 aliphatic rings. The third-order valence-electron chi connectivity index (χ3n) is 4.06. The average molecular weight is 331 g/mol. The molecule has 4 heteroatoms. The zero-order valence-electron chi connectivity index (χ0n) is 12.3. The molecule has 0 aliphatic heterocycles. The maximum atomic E-state index is 6.25. The second-order valence-electron chi connectivity index (χ2n) is 5.53. The van der Waals surface area contributed by atoms with Crippen molar-refractivity contribution in [3.05, 3.63) is 70.2 Å². The van der Waals surface area contributed by atoms with Crippen LogP contribution < -0.4 is 10.6 Å². The number of halogens is 1. The Labute approximate surface area is 141 Å². The van der Waals surface area contributed by atoms with Crippen LogP contribution in [0, 0.1) is 0 Å². The first-order valence-electron chi connectivity index (χ1n) is 7.59. The minimum Gasteiger partial charge on any atom is -0.362 e. The van der Waals surface area contributed by atoms with Crippen molar-refractivity contribution in [1.29, 1.82) is 0 Å². The van der Waals surface area contributed by atoms with Crippen LogP contribution in [0.4, 0.5) is 0 Å². The molecule has 2 nitrogen and oxygen atoms in total. The van der Waals surface area contributed by atoms with Crippen LogP contribution >= 0.6 is 23.8 Å². The number of fused-ring (bicyclic) bond motifs is 1. The van der Waals surface area contributed by atoms with Gasteiger partial charge in [-0.1, -0.05) is 54.1 Å². The van der Waals surface area contributed by atoms with E-state index in [0.717, 1.165) is 30.8 Å². The van der Waals surface area contributed by atoms with Crippen LogP contribution in [-0.4, -0.2) is 11.7 Å². The summed E-state index contributed by atoms with van der Waals surface area (Å²) in [7, 11) is 0. The van der Waals surface area contributed by atoms with E-state index in [9.17, 15) is 0 Å². The molecule has 0 aromatic heterocycles. The molecule has 1 aliphatic carbocycles. The van der Waals surface area contributed by atoms with Gasteiger partial charge in [0, 0.05) is 11.6 Å². The van der Waals surface area contributed by atoms with Gasteiger partial charge in [0.15, 0.2) is 5.11 Å². The first kappa shape index (κ1) is 15.3. The molecule has 0 saturated carbocycles. The van der Waals surface area contributed by atoms with Crippen molar-refractivity contribution in [2.24, 2.45) is 0 Å². The van der Waals surface area contributed by atoms with Gasteiger partial charge in [0.25, 0.3) is 0 Å². The predicted octanol–water partition coefficient (Wildman–Crippen LogP) is 4.03. The molecule has 0 unspecified atom stereocenters. The van der Waals surface area contributed by atoms with Gasteiger partial charge in [0.05, 0.1) is 6.04 Å². The van der Waals surface area contributed by atoms with Crippen LogP contribution in [0.15, 0.2) is 48.5 Å². The SMILES string of the molecule is S=C(NCCc1ccccc1)N[C@H]1CCc2c(Cl)cccc21. The van der Waals surface area contributed by atoms with Crippen LogP contribution in [-0.2, 0) is 12.8 Å². The summed E-state index contributed by atoms with van der Waals surface area (Å²) < 4.78 is 0. The van der Waals surface area contributed by atoms with E-state index in [1.54, 1.807) is 0 Å². The van der Waals surface area contributed by atoms with Crippen molar-refractivity contribution in [1.82, 2.24) is 10.6 Å². The number of benzene rings is 2. The zero-order valence-corrected chi connectivity index (χ0v) is 13.9. The molecule has 3 rings (SSSR count). The number of rotatable bonds is 4. The van der Waals surface area contributed by atoms with E-state index in [-0.39, 0.29) is 6.04 Å². The second kappa shape index (κ2) is 7.12. The van der Waals surface area contributed by atoms with E-state index < -0.39 is 0 Å². The Hall–Kier alpha value is -1.58. The van der Waals surface area contributed by atoms with E-state index in [1.165, 1.54) is 16.7 Å². The third-order valence-corrected chi connectivity index (χ3v) is 4.68. The summed E-state index contributed by atoms with van der Waals surface area (Å²) in [4.78, 5) is 0. The Morgan fingerprint density at radius 3 is 2.77 bits per heavy atom. The van der Waals surface area contributed by atoms with E-state index in [2.05, 4.69) is 41.0 Å². The lowest BCUT2D eigenvalue weighted by Gasteiger charge is -2.17. The highest BCUT2D eigenvalue weighted by Gasteiger charge is 2.24. The number of hydrogen-bond acceptors (Lipinski definition) is 1. The monoisotopic (exact) mass is 330 g/mol. The minimum absolute atomic E-state index is 0.269. The molecule has 0 amide bonds. The molecular formula is C18H19ClN2S. The molecule has 0 radical (unpaired) electrons. The van der Waals surface area contributed by atoms with Crippen molar-refractivity contribution < 1.29 is 0 Å². The molecule has 0 fully saturated rings. The Morgan fingerprint density at radius 2 is 1.95 bits per heavy atom. The van der Waals surface area contributed by atoms with Crippen molar-refractivity contribution >= 4 is 28.9 Å². The van der Waals surface area contributed by atoms with Gasteiger partial charge >= 0.3 is 0 Å². The molecular weight excluding hydrogens is 312 g/mol. The highest BCUT2D eigenvalue weighted by Crippen LogP contribution is 2.35. The predicted molar refractivity (Wildman–Crippen MR) is 96.4 cm³/mol. The van der Waals surface area contributed by atoms with E-state index in [4.69, 9.17) is 23.8 Å². The fraction of sp³-hybridized carbons (Fsp3) is 0.278. The van der Waals surface area contributed by atoms with Gasteiger partial charge in [-0.25, -0.2) is 0 Å². The Morgan fingerprint density at radius 1 is 1.14 bits per heavy atom. The summed E-state index contributed by atoms with van der Waals surface area (Å²) in [6, 6.07) is 16.8. The van der Waals surface area contributed by atoms with Gasteiger partial charge in [-0.15, -0.1) is 0 Å². The van der Waals surface area contributed by atoms with Gasteiger partial charge in [0.2, 0.25) is 0 Å². The van der Waals surface area contributed by atoms with E-state index in [0.29, 0.717) is 5.11 Å². The number of hydrogen-bond donors (Lipinski definition) is 2. The van der Waals surface area contributed by atoms with Crippen LogP contribution in [0.1, 0.15) is 29.2 Å². The lowest BCUT2D eigenvalue weighted by Crippen LogP contribution is -2.38. The highest BCUT2D eigenvalue weighted by molar-refractivity contribution is 7.80. The number of nitrogens with one attached hydrogen (secondary N) is 2. The Kier molecular flexibility index (Phi) is 4.96. The van der Waals surface area contributed by atoms with Gasteiger partial charge in [0.1, 0.15) is 0 Å². The van der Waals surface area contributed by atoms with E-state index in [1.807, 2.05) is 18.2 Å². The van der Waals surface area contributed by atoms with Gasteiger partial charge in [-0.2, -0.15) is 0 Å². The zero-order chi connectivity index (χ0) is 15.4. The lowest BCUT2D eigenvalue weighted by molar-refractivity contribution is 0.630. The second-order valence-corrected chi connectivity index (χ2v) is 6.35. The minimum atomic E-state index is 0.269. The fourth-order valence-electron chi connectivity index (χ4n) is 2.93. The summed E-state index contributed by atoms with van der Waals surface area (Å²) in [5.41, 5.74) is 3.85. The molecule has 2 N–H and O–H groups in total. The maximum absolute atomic E-state index is 6.25. The van der Waals surface area contributed by atoms with Crippen LogP contribution in [0.2, 0.25) is 5.02 Å². The van der Waals surface area contributed by atoms with Gasteiger partial charge in [-0.05, 0) is 54.2 Å². The fourth-order valence-corrected chi connectivity index (χ4v) is 3.45. The molecule has 2 aromatic rings. The van der Waals surface area contributed by atoms with Gasteiger partial charge in [-0.3, -0.25) is 0 Å². The molecule has 0 saturated heterocycles. The summed E-state index contributed by atoms with van der Waals surface area (Å²) in [5.74, 6) is 0. The molecule has 1 atom stereocenters. The first-order chi connectivity index (χ1) is 10.7. The lowest BCUT2D eigenvalue weighted by atomic mass is 10.1. The van der Waals surface area contributed by atoms with Crippen LogP contribution in [0.25, 0.3) is 0 Å². The quantitative estimate of drug-likeness (QED) is 0.827. The maximum Gasteiger partial charge on any atom is 0.166 e. The molecule has 0 spiro atoms. The standard InChI is InChI=1S/C18H19ClN2S/c19-16-8-4-7-15-14(16)9-10-17(15)21-18(22)20-12-11-13-5-2-1-3-6-13/h1-8,17H,9-12H2,(H2,20,21,22)/t17-/m0/s1. The van der Waals surface area contributed by atoms with Gasteiger partial charge < -0.3 is 10.6 Å². The molecule has 0 heterocycles.